The number of hydrazine groups is 1. The lowest BCUT2D eigenvalue weighted by molar-refractivity contribution is 0.267. The summed E-state index contributed by atoms with van der Waals surface area (Å²) in [6.07, 6.45) is 0. The molecule has 0 aromatic heterocycles. The predicted octanol–water partition coefficient (Wildman–Crippen LogP) is 2.89. The van der Waals surface area contributed by atoms with Crippen molar-refractivity contribution >= 4 is 0 Å². The SMILES string of the molecule is Cc1cc(C)cc(C(COc2ccccc2)NN)c1. The summed E-state index contributed by atoms with van der Waals surface area (Å²) in [5.74, 6) is 6.49. The van der Waals surface area contributed by atoms with Gasteiger partial charge < -0.3 is 4.74 Å². The van der Waals surface area contributed by atoms with Crippen LogP contribution in [0, 0.1) is 13.8 Å². The Morgan fingerprint density at radius 3 is 2.26 bits per heavy atom. The summed E-state index contributed by atoms with van der Waals surface area (Å²) < 4.78 is 5.75. The van der Waals surface area contributed by atoms with E-state index in [4.69, 9.17) is 10.6 Å². The zero-order valence-electron chi connectivity index (χ0n) is 11.4. The Morgan fingerprint density at radius 1 is 1.05 bits per heavy atom. The molecular formula is C16H20N2O. The van der Waals surface area contributed by atoms with Crippen LogP contribution in [-0.2, 0) is 0 Å². The minimum absolute atomic E-state index is 0.0150. The molecule has 3 heteroatoms. The fraction of sp³-hybridized carbons (Fsp3) is 0.250. The highest BCUT2D eigenvalue weighted by Gasteiger charge is 2.11. The van der Waals surface area contributed by atoms with E-state index in [1.807, 2.05) is 30.3 Å². The summed E-state index contributed by atoms with van der Waals surface area (Å²) in [5, 5.41) is 0. The Balaban J connectivity index is 2.07. The third-order valence-corrected chi connectivity index (χ3v) is 3.01. The molecular weight excluding hydrogens is 236 g/mol. The number of hydrogen-bond donors (Lipinski definition) is 2. The van der Waals surface area contributed by atoms with Crippen LogP contribution in [0.25, 0.3) is 0 Å². The monoisotopic (exact) mass is 256 g/mol. The first-order chi connectivity index (χ1) is 9.19. The minimum atomic E-state index is -0.0150. The van der Waals surface area contributed by atoms with Gasteiger partial charge in [-0.1, -0.05) is 47.5 Å². The van der Waals surface area contributed by atoms with Crippen LogP contribution in [0.5, 0.6) is 5.75 Å². The van der Waals surface area contributed by atoms with Crippen molar-refractivity contribution in [2.24, 2.45) is 5.84 Å². The quantitative estimate of drug-likeness (QED) is 0.639. The number of nitrogens with one attached hydrogen (secondary N) is 1. The maximum absolute atomic E-state index is 5.75. The van der Waals surface area contributed by atoms with E-state index in [1.165, 1.54) is 11.1 Å². The predicted molar refractivity (Wildman–Crippen MR) is 77.9 cm³/mol. The van der Waals surface area contributed by atoms with Gasteiger partial charge in [-0.2, -0.15) is 0 Å². The number of aryl methyl sites for hydroxylation is 2. The summed E-state index contributed by atoms with van der Waals surface area (Å²) in [5.41, 5.74) is 6.43. The van der Waals surface area contributed by atoms with Gasteiger partial charge >= 0.3 is 0 Å². The highest BCUT2D eigenvalue weighted by atomic mass is 16.5. The summed E-state index contributed by atoms with van der Waals surface area (Å²) in [4.78, 5) is 0. The maximum Gasteiger partial charge on any atom is 0.119 e. The third-order valence-electron chi connectivity index (χ3n) is 3.01. The van der Waals surface area contributed by atoms with Crippen LogP contribution < -0.4 is 16.0 Å². The lowest BCUT2D eigenvalue weighted by Crippen LogP contribution is -2.32. The van der Waals surface area contributed by atoms with Crippen molar-refractivity contribution in [1.82, 2.24) is 5.43 Å². The zero-order valence-corrected chi connectivity index (χ0v) is 11.4. The van der Waals surface area contributed by atoms with Crippen molar-refractivity contribution in [1.29, 1.82) is 0 Å². The number of rotatable bonds is 5. The fourth-order valence-electron chi connectivity index (χ4n) is 2.15. The number of nitrogens with two attached hydrogens (primary N) is 1. The van der Waals surface area contributed by atoms with Gasteiger partial charge in [0.25, 0.3) is 0 Å². The number of para-hydroxylation sites is 1. The van der Waals surface area contributed by atoms with Crippen LogP contribution in [0.2, 0.25) is 0 Å². The van der Waals surface area contributed by atoms with Gasteiger partial charge in [0, 0.05) is 0 Å². The highest BCUT2D eigenvalue weighted by molar-refractivity contribution is 5.31. The minimum Gasteiger partial charge on any atom is -0.492 e. The fourth-order valence-corrected chi connectivity index (χ4v) is 2.15. The normalized spacial score (nSPS) is 12.2. The van der Waals surface area contributed by atoms with E-state index < -0.39 is 0 Å². The van der Waals surface area contributed by atoms with E-state index in [-0.39, 0.29) is 6.04 Å². The molecule has 0 heterocycles. The molecule has 2 rings (SSSR count). The van der Waals surface area contributed by atoms with Crippen LogP contribution in [0.1, 0.15) is 22.7 Å². The first-order valence-corrected chi connectivity index (χ1v) is 6.41. The molecule has 0 bridgehead atoms. The van der Waals surface area contributed by atoms with Crippen molar-refractivity contribution in [2.75, 3.05) is 6.61 Å². The van der Waals surface area contributed by atoms with Gasteiger partial charge in [0.15, 0.2) is 0 Å². The van der Waals surface area contributed by atoms with E-state index in [9.17, 15) is 0 Å². The molecule has 0 amide bonds. The Bertz CT molecular complexity index is 505. The van der Waals surface area contributed by atoms with Crippen LogP contribution >= 0.6 is 0 Å². The Hall–Kier alpha value is -1.84. The molecule has 0 aliphatic heterocycles. The smallest absolute Gasteiger partial charge is 0.119 e. The summed E-state index contributed by atoms with van der Waals surface area (Å²) in [7, 11) is 0. The molecule has 3 N–H and O–H groups in total. The van der Waals surface area contributed by atoms with E-state index in [1.54, 1.807) is 0 Å². The zero-order chi connectivity index (χ0) is 13.7. The Labute approximate surface area is 114 Å². The molecule has 0 aliphatic carbocycles. The van der Waals surface area contributed by atoms with Gasteiger partial charge in [0.05, 0.1) is 6.04 Å². The van der Waals surface area contributed by atoms with Gasteiger partial charge in [-0.3, -0.25) is 5.84 Å². The average Bonchev–Trinajstić information content (AvgIpc) is 2.39. The van der Waals surface area contributed by atoms with Gasteiger partial charge in [-0.05, 0) is 31.5 Å². The van der Waals surface area contributed by atoms with Gasteiger partial charge in [-0.25, -0.2) is 5.43 Å². The topological polar surface area (TPSA) is 47.3 Å². The molecule has 0 saturated carbocycles. The van der Waals surface area contributed by atoms with E-state index in [0.717, 1.165) is 11.3 Å². The van der Waals surface area contributed by atoms with E-state index >= 15 is 0 Å². The summed E-state index contributed by atoms with van der Waals surface area (Å²) in [6.45, 7) is 4.67. The van der Waals surface area contributed by atoms with Crippen molar-refractivity contribution in [3.63, 3.8) is 0 Å². The standard InChI is InChI=1S/C16H20N2O/c1-12-8-13(2)10-14(9-12)16(18-17)11-19-15-6-4-3-5-7-15/h3-10,16,18H,11,17H2,1-2H3. The molecule has 0 spiro atoms. The number of ether oxygens (including phenoxy) is 1. The van der Waals surface area contributed by atoms with Crippen LogP contribution in [0.3, 0.4) is 0 Å². The third kappa shape index (κ3) is 3.81. The first-order valence-electron chi connectivity index (χ1n) is 6.41. The molecule has 100 valence electrons. The van der Waals surface area contributed by atoms with Crippen molar-refractivity contribution in [3.05, 3.63) is 65.2 Å². The molecule has 2 aromatic rings. The van der Waals surface area contributed by atoms with E-state index in [0.29, 0.717) is 6.61 Å². The van der Waals surface area contributed by atoms with Gasteiger partial charge in [0.2, 0.25) is 0 Å². The van der Waals surface area contributed by atoms with Crippen molar-refractivity contribution in [3.8, 4) is 5.75 Å². The number of hydrogen-bond acceptors (Lipinski definition) is 3. The van der Waals surface area contributed by atoms with Crippen molar-refractivity contribution < 1.29 is 4.74 Å². The molecule has 3 nitrogen and oxygen atoms in total. The lowest BCUT2D eigenvalue weighted by Gasteiger charge is -2.18. The van der Waals surface area contributed by atoms with E-state index in [2.05, 4.69) is 37.5 Å². The van der Waals surface area contributed by atoms with Crippen LogP contribution in [0.15, 0.2) is 48.5 Å². The Morgan fingerprint density at radius 2 is 1.68 bits per heavy atom. The Kier molecular flexibility index (Phi) is 4.55. The highest BCUT2D eigenvalue weighted by Crippen LogP contribution is 2.18. The van der Waals surface area contributed by atoms with Gasteiger partial charge in [-0.15, -0.1) is 0 Å². The van der Waals surface area contributed by atoms with Crippen LogP contribution in [0.4, 0.5) is 0 Å². The molecule has 1 atom stereocenters. The first kappa shape index (κ1) is 13.6. The molecule has 0 fully saturated rings. The second-order valence-corrected chi connectivity index (χ2v) is 4.76. The largest absolute Gasteiger partial charge is 0.492 e. The molecule has 0 saturated heterocycles. The molecule has 2 aromatic carbocycles. The summed E-state index contributed by atoms with van der Waals surface area (Å²) in [6, 6.07) is 16.2. The second-order valence-electron chi connectivity index (χ2n) is 4.76. The van der Waals surface area contributed by atoms with Gasteiger partial charge in [0.1, 0.15) is 12.4 Å². The maximum atomic E-state index is 5.75. The average molecular weight is 256 g/mol. The summed E-state index contributed by atoms with van der Waals surface area (Å²) >= 11 is 0. The molecule has 0 radical (unpaired) electrons. The lowest BCUT2D eigenvalue weighted by atomic mass is 10.0. The molecule has 19 heavy (non-hydrogen) atoms. The molecule has 1 unspecified atom stereocenters. The molecule has 0 aliphatic rings. The van der Waals surface area contributed by atoms with Crippen molar-refractivity contribution in [2.45, 2.75) is 19.9 Å². The number of benzene rings is 2. The second kappa shape index (κ2) is 6.36. The van der Waals surface area contributed by atoms with Crippen LogP contribution in [-0.4, -0.2) is 6.61 Å².